The highest BCUT2D eigenvalue weighted by Gasteiger charge is 2.66. The minimum atomic E-state index is -3.06. The normalized spacial score (nSPS) is 23.5. The molecule has 0 bridgehead atoms. The lowest BCUT2D eigenvalue weighted by Gasteiger charge is -2.37. The van der Waals surface area contributed by atoms with Crippen LogP contribution in [0.3, 0.4) is 0 Å². The molecule has 3 heterocycles. The number of hydrogen-bond acceptors (Lipinski definition) is 8. The predicted molar refractivity (Wildman–Crippen MR) is 205 cm³/mol. The molecule has 4 aromatic carbocycles. The van der Waals surface area contributed by atoms with Gasteiger partial charge in [-0.15, -0.1) is 0 Å². The average molecular weight is 735 g/mol. The van der Waals surface area contributed by atoms with E-state index in [1.807, 2.05) is 74.6 Å². The number of methoxy groups -OCH3 is 1. The van der Waals surface area contributed by atoms with Gasteiger partial charge in [0.05, 0.1) is 44.5 Å². The molecular weight excluding hydrogens is 689 g/mol. The number of carbonyl (C=O) groups is 3. The van der Waals surface area contributed by atoms with E-state index in [0.717, 1.165) is 16.7 Å². The molecule has 1 fully saturated rings. The molecule has 0 radical (unpaired) electrons. The largest absolute Gasteiger partial charge is 0.497 e. The van der Waals surface area contributed by atoms with Crippen molar-refractivity contribution in [1.82, 2.24) is 4.90 Å². The topological polar surface area (TPSA) is 155 Å². The number of anilines is 3. The summed E-state index contributed by atoms with van der Waals surface area (Å²) in [6, 6.07) is 27.0. The molecule has 12 heteroatoms. The van der Waals surface area contributed by atoms with E-state index < -0.39 is 31.5 Å². The molecule has 0 aromatic heterocycles. The number of nitrogens with one attached hydrogen (secondary N) is 1. The highest BCUT2D eigenvalue weighted by molar-refractivity contribution is 6.71. The molecule has 11 nitrogen and oxygen atoms in total. The molecule has 5 atom stereocenters. The van der Waals surface area contributed by atoms with Gasteiger partial charge in [-0.05, 0) is 90.8 Å². The molecule has 1 saturated heterocycles. The lowest BCUT2D eigenvalue weighted by Crippen LogP contribution is -2.48. The van der Waals surface area contributed by atoms with Crippen LogP contribution < -0.4 is 20.7 Å². The Balaban J connectivity index is 1.19. The van der Waals surface area contributed by atoms with Crippen molar-refractivity contribution in [3.8, 4) is 5.75 Å². The maximum Gasteiger partial charge on any atom is 0.264 e. The van der Waals surface area contributed by atoms with Crippen LogP contribution >= 0.6 is 0 Å². The van der Waals surface area contributed by atoms with Crippen LogP contribution in [0, 0.1) is 5.92 Å². The zero-order valence-corrected chi connectivity index (χ0v) is 31.4. The van der Waals surface area contributed by atoms with Gasteiger partial charge < -0.3 is 40.2 Å². The smallest absolute Gasteiger partial charge is 0.264 e. The number of carbonyl (C=O) groups excluding carboxylic acids is 3. The standard InChI is InChI=1S/C41H46N4O7Si/c1-25-38(53(3,4)50)36(21-37(47)44-23-29-10-6-5-9-28(29)19-32(44)24-46)52-41(25)34-20-33(51-2)16-17-35(34)45(40(41)49)22-26-8-7-11-31(18-26)43-39(48)27-12-14-30(42)15-13-27/h5-18,20,25,32,36,38,46,50H,19,21-24,42H2,1-4H3,(H,43,48)/t25-,32-,36+,38-,41+/m0/s1. The average Bonchev–Trinajstić information content (AvgIpc) is 3.56. The van der Waals surface area contributed by atoms with Crippen molar-refractivity contribution in [2.24, 2.45) is 5.92 Å². The van der Waals surface area contributed by atoms with Crippen molar-refractivity contribution in [2.45, 2.75) is 69.2 Å². The number of aliphatic hydroxyl groups is 1. The van der Waals surface area contributed by atoms with Gasteiger partial charge in [-0.2, -0.15) is 0 Å². The molecule has 0 saturated carbocycles. The van der Waals surface area contributed by atoms with Gasteiger partial charge >= 0.3 is 0 Å². The first-order valence-electron chi connectivity index (χ1n) is 18.0. The number of aliphatic hydroxyl groups excluding tert-OH is 1. The summed E-state index contributed by atoms with van der Waals surface area (Å²) in [5.41, 5.74) is 9.62. The van der Waals surface area contributed by atoms with Crippen LogP contribution in [0.2, 0.25) is 18.6 Å². The maximum absolute atomic E-state index is 15.0. The van der Waals surface area contributed by atoms with Crippen molar-refractivity contribution in [3.05, 3.63) is 119 Å². The van der Waals surface area contributed by atoms with Crippen LogP contribution in [0.5, 0.6) is 5.75 Å². The molecule has 4 aromatic rings. The summed E-state index contributed by atoms with van der Waals surface area (Å²) in [6.45, 7) is 5.96. The minimum absolute atomic E-state index is 0.0469. The van der Waals surface area contributed by atoms with Crippen molar-refractivity contribution in [1.29, 1.82) is 0 Å². The Labute approximate surface area is 310 Å². The lowest BCUT2D eigenvalue weighted by atomic mass is 9.82. The molecule has 53 heavy (non-hydrogen) atoms. The summed E-state index contributed by atoms with van der Waals surface area (Å²) in [5, 5.41) is 13.2. The Morgan fingerprint density at radius 3 is 2.45 bits per heavy atom. The maximum atomic E-state index is 15.0. The zero-order chi connectivity index (χ0) is 37.7. The first kappa shape index (κ1) is 36.3. The van der Waals surface area contributed by atoms with Gasteiger partial charge in [0.1, 0.15) is 5.75 Å². The summed E-state index contributed by atoms with van der Waals surface area (Å²) in [7, 11) is -1.50. The fraction of sp³-hybridized carbons (Fsp3) is 0.341. The van der Waals surface area contributed by atoms with Gasteiger partial charge in [-0.3, -0.25) is 14.4 Å². The summed E-state index contributed by atoms with van der Waals surface area (Å²) < 4.78 is 12.6. The van der Waals surface area contributed by atoms with E-state index in [2.05, 4.69) is 5.32 Å². The summed E-state index contributed by atoms with van der Waals surface area (Å²) >= 11 is 0. The first-order chi connectivity index (χ1) is 25.3. The third-order valence-electron chi connectivity index (χ3n) is 11.2. The van der Waals surface area contributed by atoms with Crippen LogP contribution in [-0.2, 0) is 39.4 Å². The van der Waals surface area contributed by atoms with Crippen LogP contribution in [0.4, 0.5) is 17.1 Å². The van der Waals surface area contributed by atoms with E-state index in [4.69, 9.17) is 15.2 Å². The highest BCUT2D eigenvalue weighted by atomic mass is 28.4. The quantitative estimate of drug-likeness (QED) is 0.135. The third-order valence-corrected chi connectivity index (χ3v) is 13.7. The monoisotopic (exact) mass is 734 g/mol. The van der Waals surface area contributed by atoms with Crippen molar-refractivity contribution in [2.75, 3.05) is 29.7 Å². The van der Waals surface area contributed by atoms with Crippen LogP contribution in [-0.4, -0.2) is 66.7 Å². The summed E-state index contributed by atoms with van der Waals surface area (Å²) in [4.78, 5) is 57.3. The molecule has 3 amide bonds. The molecule has 276 valence electrons. The van der Waals surface area contributed by atoms with Crippen LogP contribution in [0.15, 0.2) is 91.0 Å². The van der Waals surface area contributed by atoms with E-state index >= 15 is 4.79 Å². The Morgan fingerprint density at radius 2 is 1.75 bits per heavy atom. The van der Waals surface area contributed by atoms with Gasteiger partial charge in [0.25, 0.3) is 11.8 Å². The molecule has 5 N–H and O–H groups in total. The van der Waals surface area contributed by atoms with Gasteiger partial charge in [0.15, 0.2) is 13.9 Å². The fourth-order valence-corrected chi connectivity index (χ4v) is 11.2. The second-order valence-corrected chi connectivity index (χ2v) is 18.9. The van der Waals surface area contributed by atoms with Crippen molar-refractivity contribution < 1.29 is 33.8 Å². The fourth-order valence-electron chi connectivity index (χ4n) is 8.64. The second-order valence-electron chi connectivity index (χ2n) is 14.9. The number of ether oxygens (including phenoxy) is 2. The Kier molecular flexibility index (Phi) is 9.66. The van der Waals surface area contributed by atoms with Gasteiger partial charge in [0.2, 0.25) is 5.91 Å². The predicted octanol–water partition coefficient (Wildman–Crippen LogP) is 5.21. The number of hydrogen-bond donors (Lipinski definition) is 4. The van der Waals surface area contributed by atoms with Gasteiger partial charge in [-0.25, -0.2) is 0 Å². The lowest BCUT2D eigenvalue weighted by molar-refractivity contribution is -0.151. The first-order valence-corrected chi connectivity index (χ1v) is 21.0. The number of nitrogen functional groups attached to an aromatic ring is 1. The highest BCUT2D eigenvalue weighted by Crippen LogP contribution is 2.60. The Bertz CT molecular complexity index is 2050. The molecule has 3 aliphatic heterocycles. The minimum Gasteiger partial charge on any atom is -0.497 e. The molecule has 0 aliphatic carbocycles. The molecular formula is C41H46N4O7Si. The Hall–Kier alpha value is -5.01. The van der Waals surface area contributed by atoms with E-state index in [1.165, 1.54) is 0 Å². The van der Waals surface area contributed by atoms with Gasteiger partial charge in [-0.1, -0.05) is 43.3 Å². The van der Waals surface area contributed by atoms with Crippen LogP contribution in [0.1, 0.15) is 46.0 Å². The van der Waals surface area contributed by atoms with E-state index in [9.17, 15) is 19.5 Å². The SMILES string of the molecule is COc1ccc2c(c1)[C@@]1(O[C@H](CC(=O)N3Cc4ccccc4C[C@H]3CO)[C@@H]([Si](C)(C)O)[C@@H]1C)C(=O)N2Cc1cccc(NC(=O)c2ccc(N)cc2)c1. The van der Waals surface area contributed by atoms with Crippen molar-refractivity contribution >= 4 is 43.1 Å². The zero-order valence-electron chi connectivity index (χ0n) is 30.4. The number of nitrogens with zero attached hydrogens (tertiary/aromatic N) is 2. The van der Waals surface area contributed by atoms with E-state index in [0.29, 0.717) is 46.9 Å². The molecule has 0 unspecified atom stereocenters. The van der Waals surface area contributed by atoms with Gasteiger partial charge in [0, 0.05) is 40.5 Å². The summed E-state index contributed by atoms with van der Waals surface area (Å²) in [6.07, 6.45) is -0.259. The van der Waals surface area contributed by atoms with Crippen LogP contribution in [0.25, 0.3) is 0 Å². The second kappa shape index (κ2) is 14.1. The van der Waals surface area contributed by atoms with E-state index in [-0.39, 0.29) is 43.3 Å². The number of benzene rings is 4. The van der Waals surface area contributed by atoms with E-state index in [1.54, 1.807) is 53.3 Å². The number of nitrogens with two attached hydrogens (primary N) is 1. The number of amides is 3. The molecule has 3 aliphatic rings. The number of rotatable bonds is 9. The number of fused-ring (bicyclic) bond motifs is 3. The summed E-state index contributed by atoms with van der Waals surface area (Å²) in [5.74, 6) is -0.706. The molecule has 7 rings (SSSR count). The van der Waals surface area contributed by atoms with Crippen molar-refractivity contribution in [3.63, 3.8) is 0 Å². The molecule has 1 spiro atoms. The Morgan fingerprint density at radius 1 is 1.02 bits per heavy atom. The third kappa shape index (κ3) is 6.61.